The van der Waals surface area contributed by atoms with Crippen LogP contribution in [0.15, 0.2) is 34.5 Å². The number of carbonyl (C=O) groups excluding carboxylic acids is 1. The maximum Gasteiger partial charge on any atom is 0.261 e. The zero-order valence-electron chi connectivity index (χ0n) is 12.1. The van der Waals surface area contributed by atoms with Crippen molar-refractivity contribution in [1.82, 2.24) is 5.32 Å². The van der Waals surface area contributed by atoms with Crippen LogP contribution in [0.2, 0.25) is 5.02 Å². The second-order valence-corrected chi connectivity index (χ2v) is 8.73. The van der Waals surface area contributed by atoms with Crippen LogP contribution in [-0.4, -0.2) is 14.3 Å². The van der Waals surface area contributed by atoms with E-state index in [4.69, 9.17) is 16.7 Å². The third-order valence-corrected chi connectivity index (χ3v) is 6.57. The molecule has 0 saturated heterocycles. The number of primary sulfonamides is 1. The minimum atomic E-state index is -3.78. The summed E-state index contributed by atoms with van der Waals surface area (Å²) in [5.41, 5.74) is 2.21. The Morgan fingerprint density at radius 3 is 2.78 bits per heavy atom. The minimum absolute atomic E-state index is 0.0153. The van der Waals surface area contributed by atoms with Crippen LogP contribution < -0.4 is 10.5 Å². The van der Waals surface area contributed by atoms with Crippen molar-refractivity contribution in [3.05, 3.63) is 51.4 Å². The van der Waals surface area contributed by atoms with Crippen LogP contribution in [0, 0.1) is 0 Å². The normalized spacial score (nSPS) is 17.6. The topological polar surface area (TPSA) is 89.3 Å². The van der Waals surface area contributed by atoms with Crippen LogP contribution in [0.4, 0.5) is 0 Å². The Morgan fingerprint density at radius 1 is 1.30 bits per heavy atom. The van der Waals surface area contributed by atoms with Gasteiger partial charge in [0.05, 0.1) is 10.9 Å². The van der Waals surface area contributed by atoms with Crippen molar-refractivity contribution in [2.45, 2.75) is 29.5 Å². The van der Waals surface area contributed by atoms with E-state index >= 15 is 0 Å². The molecule has 1 aliphatic carbocycles. The van der Waals surface area contributed by atoms with Crippen LogP contribution in [-0.2, 0) is 16.4 Å². The predicted octanol–water partition coefficient (Wildman–Crippen LogP) is 2.86. The maximum absolute atomic E-state index is 12.4. The van der Waals surface area contributed by atoms with E-state index < -0.39 is 10.0 Å². The Kier molecular flexibility index (Phi) is 4.46. The van der Waals surface area contributed by atoms with Crippen LogP contribution in [0.5, 0.6) is 0 Å². The number of hydrogen-bond acceptors (Lipinski definition) is 4. The average Bonchev–Trinajstić information content (AvgIpc) is 2.97. The van der Waals surface area contributed by atoms with Crippen molar-refractivity contribution in [2.24, 2.45) is 5.14 Å². The van der Waals surface area contributed by atoms with Gasteiger partial charge >= 0.3 is 0 Å². The molecule has 1 aromatic heterocycles. The standard InChI is InChI=1S/C15H15ClN2O3S2/c16-10-4-5-11-9(8-10)2-1-3-12(11)18-15(19)13-6-7-14(22-13)23(17,20)21/h4-8,12H,1-3H2,(H,18,19)(H2,17,20,21)/t12-/m1/s1. The van der Waals surface area contributed by atoms with Gasteiger partial charge in [0.2, 0.25) is 10.0 Å². The third-order valence-electron chi connectivity index (χ3n) is 3.81. The van der Waals surface area contributed by atoms with Crippen molar-refractivity contribution >= 4 is 38.9 Å². The zero-order valence-corrected chi connectivity index (χ0v) is 14.5. The summed E-state index contributed by atoms with van der Waals surface area (Å²) in [6, 6.07) is 8.42. The highest BCUT2D eigenvalue weighted by molar-refractivity contribution is 7.91. The molecule has 122 valence electrons. The van der Waals surface area contributed by atoms with E-state index in [1.807, 2.05) is 18.2 Å². The van der Waals surface area contributed by atoms with Gasteiger partial charge in [-0.25, -0.2) is 13.6 Å². The van der Waals surface area contributed by atoms with Gasteiger partial charge in [-0.05, 0) is 54.7 Å². The van der Waals surface area contributed by atoms with Crippen LogP contribution >= 0.6 is 22.9 Å². The Hall–Kier alpha value is -1.41. The third kappa shape index (κ3) is 3.58. The van der Waals surface area contributed by atoms with Gasteiger partial charge in [-0.3, -0.25) is 4.79 Å². The first kappa shape index (κ1) is 16.4. The molecule has 3 N–H and O–H groups in total. The molecule has 1 atom stereocenters. The van der Waals surface area contributed by atoms with E-state index in [9.17, 15) is 13.2 Å². The molecule has 23 heavy (non-hydrogen) atoms. The first-order valence-corrected chi connectivity index (χ1v) is 9.80. The molecule has 8 heteroatoms. The fraction of sp³-hybridized carbons (Fsp3) is 0.267. The number of fused-ring (bicyclic) bond motifs is 1. The van der Waals surface area contributed by atoms with E-state index in [1.165, 1.54) is 12.1 Å². The minimum Gasteiger partial charge on any atom is -0.345 e. The Balaban J connectivity index is 1.81. The van der Waals surface area contributed by atoms with Gasteiger partial charge in [0.25, 0.3) is 5.91 Å². The summed E-state index contributed by atoms with van der Waals surface area (Å²) < 4.78 is 22.6. The molecule has 1 aliphatic rings. The molecule has 1 heterocycles. The number of sulfonamides is 1. The first-order chi connectivity index (χ1) is 10.8. The van der Waals surface area contributed by atoms with E-state index in [0.29, 0.717) is 9.90 Å². The van der Waals surface area contributed by atoms with Gasteiger partial charge in [-0.15, -0.1) is 11.3 Å². The van der Waals surface area contributed by atoms with E-state index in [2.05, 4.69) is 5.32 Å². The molecule has 0 bridgehead atoms. The van der Waals surface area contributed by atoms with Crippen molar-refractivity contribution in [1.29, 1.82) is 0 Å². The molecule has 0 fully saturated rings. The van der Waals surface area contributed by atoms with Crippen LogP contribution in [0.3, 0.4) is 0 Å². The molecule has 5 nitrogen and oxygen atoms in total. The monoisotopic (exact) mass is 370 g/mol. The number of amides is 1. The van der Waals surface area contributed by atoms with Gasteiger partial charge in [-0.2, -0.15) is 0 Å². The molecule has 0 aliphatic heterocycles. The molecule has 3 rings (SSSR count). The molecule has 0 radical (unpaired) electrons. The molecule has 0 spiro atoms. The Labute approximate surface area is 143 Å². The summed E-state index contributed by atoms with van der Waals surface area (Å²) in [4.78, 5) is 12.7. The lowest BCUT2D eigenvalue weighted by molar-refractivity contribution is 0.0937. The highest BCUT2D eigenvalue weighted by atomic mass is 35.5. The molecular formula is C15H15ClN2O3S2. The first-order valence-electron chi connectivity index (χ1n) is 7.06. The van der Waals surface area contributed by atoms with Gasteiger partial charge in [0, 0.05) is 5.02 Å². The summed E-state index contributed by atoms with van der Waals surface area (Å²) >= 11 is 6.89. The summed E-state index contributed by atoms with van der Waals surface area (Å²) in [5, 5.41) is 8.73. The lowest BCUT2D eigenvalue weighted by Gasteiger charge is -2.26. The van der Waals surface area contributed by atoms with Crippen molar-refractivity contribution in [2.75, 3.05) is 0 Å². The lowest BCUT2D eigenvalue weighted by Crippen LogP contribution is -2.30. The number of nitrogens with one attached hydrogen (secondary N) is 1. The number of aryl methyl sites for hydroxylation is 1. The predicted molar refractivity (Wildman–Crippen MR) is 90.3 cm³/mol. The molecule has 2 aromatic rings. The lowest BCUT2D eigenvalue weighted by atomic mass is 9.87. The molecule has 0 unspecified atom stereocenters. The summed E-state index contributed by atoms with van der Waals surface area (Å²) in [6.45, 7) is 0. The number of benzene rings is 1. The van der Waals surface area contributed by atoms with Crippen LogP contribution in [0.25, 0.3) is 0 Å². The number of rotatable bonds is 3. The van der Waals surface area contributed by atoms with Gasteiger partial charge in [0.1, 0.15) is 4.21 Å². The quantitative estimate of drug-likeness (QED) is 0.870. The average molecular weight is 371 g/mol. The zero-order chi connectivity index (χ0) is 16.6. The van der Waals surface area contributed by atoms with E-state index in [1.54, 1.807) is 0 Å². The smallest absolute Gasteiger partial charge is 0.261 e. The number of thiophene rings is 1. The fourth-order valence-corrected chi connectivity index (χ4v) is 4.58. The highest BCUT2D eigenvalue weighted by Crippen LogP contribution is 2.32. The molecular weight excluding hydrogens is 356 g/mol. The van der Waals surface area contributed by atoms with E-state index in [0.717, 1.165) is 41.7 Å². The summed E-state index contributed by atoms with van der Waals surface area (Å²) in [6.07, 6.45) is 2.75. The number of nitrogens with two attached hydrogens (primary N) is 1. The Bertz CT molecular complexity index is 861. The van der Waals surface area contributed by atoms with Crippen molar-refractivity contribution in [3.63, 3.8) is 0 Å². The van der Waals surface area contributed by atoms with Gasteiger partial charge < -0.3 is 5.32 Å². The highest BCUT2D eigenvalue weighted by Gasteiger charge is 2.23. The van der Waals surface area contributed by atoms with Gasteiger partial charge in [-0.1, -0.05) is 17.7 Å². The molecule has 0 saturated carbocycles. The number of carbonyl (C=O) groups is 1. The maximum atomic E-state index is 12.4. The molecule has 1 aromatic carbocycles. The Morgan fingerprint density at radius 2 is 2.09 bits per heavy atom. The van der Waals surface area contributed by atoms with Crippen molar-refractivity contribution in [3.8, 4) is 0 Å². The van der Waals surface area contributed by atoms with E-state index in [-0.39, 0.29) is 16.2 Å². The fourth-order valence-electron chi connectivity index (χ4n) is 2.76. The second kappa shape index (κ2) is 6.24. The van der Waals surface area contributed by atoms with Crippen LogP contribution in [0.1, 0.15) is 39.7 Å². The van der Waals surface area contributed by atoms with Gasteiger partial charge in [0.15, 0.2) is 0 Å². The number of halogens is 1. The summed E-state index contributed by atoms with van der Waals surface area (Å²) in [7, 11) is -3.78. The SMILES string of the molecule is NS(=O)(=O)c1ccc(C(=O)N[C@@H]2CCCc3cc(Cl)ccc32)s1. The molecule has 1 amide bonds. The largest absolute Gasteiger partial charge is 0.345 e. The second-order valence-electron chi connectivity index (χ2n) is 5.43. The van der Waals surface area contributed by atoms with Crippen molar-refractivity contribution < 1.29 is 13.2 Å². The summed E-state index contributed by atoms with van der Waals surface area (Å²) in [5.74, 6) is -0.294. The number of hydrogen-bond donors (Lipinski definition) is 2.